The molecule has 0 spiro atoms. The van der Waals surface area contributed by atoms with E-state index in [0.29, 0.717) is 0 Å². The summed E-state index contributed by atoms with van der Waals surface area (Å²) < 4.78 is 17.5. The van der Waals surface area contributed by atoms with Crippen molar-refractivity contribution in [1.29, 1.82) is 0 Å². The van der Waals surface area contributed by atoms with E-state index in [1.165, 1.54) is 0 Å². The molecule has 4 nitrogen and oxygen atoms in total. The molecule has 0 saturated carbocycles. The molecule has 0 atom stereocenters. The maximum atomic E-state index is 12.0. The van der Waals surface area contributed by atoms with Crippen LogP contribution < -0.4 is 5.46 Å². The molecule has 0 unspecified atom stereocenters. The number of rotatable bonds is 3. The first kappa shape index (κ1) is 18.0. The molecule has 1 aliphatic heterocycles. The third-order valence-electron chi connectivity index (χ3n) is 4.24. The zero-order chi connectivity index (χ0) is 17.5. The second kappa shape index (κ2) is 5.95. The summed E-state index contributed by atoms with van der Waals surface area (Å²) in [5, 5.41) is 0. The van der Waals surface area contributed by atoms with Crippen molar-refractivity contribution in [3.63, 3.8) is 0 Å². The molecule has 1 saturated heterocycles. The van der Waals surface area contributed by atoms with Gasteiger partial charge in [0.1, 0.15) is 5.60 Å². The molecule has 1 aromatic rings. The van der Waals surface area contributed by atoms with Gasteiger partial charge < -0.3 is 14.0 Å². The predicted molar refractivity (Wildman–Crippen MR) is 91.7 cm³/mol. The monoisotopic (exact) mass is 318 g/mol. The maximum Gasteiger partial charge on any atom is 0.494 e. The van der Waals surface area contributed by atoms with Gasteiger partial charge in [0.2, 0.25) is 0 Å². The number of benzene rings is 1. The SMILES string of the molecule is CC(C)(C)OC(=O)Cc1cccc(B2OC(C)(C)C(C)(C)O2)c1. The minimum absolute atomic E-state index is 0.233. The summed E-state index contributed by atoms with van der Waals surface area (Å²) in [5.41, 5.74) is 0.592. The molecular weight excluding hydrogens is 291 g/mol. The summed E-state index contributed by atoms with van der Waals surface area (Å²) in [6.07, 6.45) is 0.241. The zero-order valence-corrected chi connectivity index (χ0v) is 15.2. The maximum absolute atomic E-state index is 12.0. The molecule has 23 heavy (non-hydrogen) atoms. The second-order valence-electron chi connectivity index (χ2n) is 8.10. The molecule has 0 N–H and O–H groups in total. The van der Waals surface area contributed by atoms with E-state index in [9.17, 15) is 4.79 Å². The van der Waals surface area contributed by atoms with Crippen LogP contribution in [0, 0.1) is 0 Å². The van der Waals surface area contributed by atoms with E-state index in [0.717, 1.165) is 11.0 Å². The molecule has 1 aromatic carbocycles. The quantitative estimate of drug-likeness (QED) is 0.635. The Balaban J connectivity index is 2.11. The van der Waals surface area contributed by atoms with Gasteiger partial charge in [0, 0.05) is 0 Å². The van der Waals surface area contributed by atoms with Crippen molar-refractivity contribution in [3.05, 3.63) is 29.8 Å². The molecule has 2 rings (SSSR count). The highest BCUT2D eigenvalue weighted by Crippen LogP contribution is 2.36. The highest BCUT2D eigenvalue weighted by atomic mass is 16.7. The summed E-state index contributed by atoms with van der Waals surface area (Å²) in [6.45, 7) is 13.7. The summed E-state index contributed by atoms with van der Waals surface area (Å²) in [5.74, 6) is -0.233. The summed E-state index contributed by atoms with van der Waals surface area (Å²) in [6, 6.07) is 7.74. The standard InChI is InChI=1S/C18H27BO4/c1-16(2,3)21-15(20)12-13-9-8-10-14(11-13)19-22-17(4,5)18(6,7)23-19/h8-11H,12H2,1-7H3. The van der Waals surface area contributed by atoms with Crippen molar-refractivity contribution in [2.24, 2.45) is 0 Å². The molecule has 0 bridgehead atoms. The van der Waals surface area contributed by atoms with Gasteiger partial charge in [0.25, 0.3) is 0 Å². The fraction of sp³-hybridized carbons (Fsp3) is 0.611. The Morgan fingerprint density at radius 1 is 1.13 bits per heavy atom. The Morgan fingerprint density at radius 3 is 2.22 bits per heavy atom. The lowest BCUT2D eigenvalue weighted by atomic mass is 9.78. The van der Waals surface area contributed by atoms with Crippen LogP contribution >= 0.6 is 0 Å². The molecule has 0 aliphatic carbocycles. The molecule has 0 radical (unpaired) electrons. The summed E-state index contributed by atoms with van der Waals surface area (Å²) in [7, 11) is -0.418. The number of carbonyl (C=O) groups excluding carboxylic acids is 1. The lowest BCUT2D eigenvalue weighted by Gasteiger charge is -2.32. The first-order chi connectivity index (χ1) is 10.4. The normalized spacial score (nSPS) is 19.7. The Morgan fingerprint density at radius 2 is 1.70 bits per heavy atom. The largest absolute Gasteiger partial charge is 0.494 e. The average molecular weight is 318 g/mol. The lowest BCUT2D eigenvalue weighted by molar-refractivity contribution is -0.153. The van der Waals surface area contributed by atoms with E-state index in [1.807, 2.05) is 72.7 Å². The third kappa shape index (κ3) is 4.36. The van der Waals surface area contributed by atoms with Crippen LogP contribution in [0.15, 0.2) is 24.3 Å². The van der Waals surface area contributed by atoms with Crippen LogP contribution in [0.5, 0.6) is 0 Å². The van der Waals surface area contributed by atoms with Crippen LogP contribution in [-0.2, 0) is 25.3 Å². The molecule has 0 amide bonds. The molecule has 5 heteroatoms. The van der Waals surface area contributed by atoms with E-state index in [4.69, 9.17) is 14.0 Å². The topological polar surface area (TPSA) is 44.8 Å². The molecule has 126 valence electrons. The first-order valence-electron chi connectivity index (χ1n) is 8.06. The molecule has 1 aliphatic rings. The van der Waals surface area contributed by atoms with Gasteiger partial charge in [0.05, 0.1) is 17.6 Å². The van der Waals surface area contributed by atoms with Crippen LogP contribution in [0.2, 0.25) is 0 Å². The molecule has 1 fully saturated rings. The van der Waals surface area contributed by atoms with Gasteiger partial charge in [-0.3, -0.25) is 4.79 Å². The molecule has 1 heterocycles. The number of hydrogen-bond acceptors (Lipinski definition) is 4. The Labute approximate surface area is 139 Å². The highest BCUT2D eigenvalue weighted by Gasteiger charge is 2.51. The van der Waals surface area contributed by atoms with Gasteiger partial charge >= 0.3 is 13.1 Å². The Bertz CT molecular complexity index is 571. The fourth-order valence-electron chi connectivity index (χ4n) is 2.37. The number of ether oxygens (including phenoxy) is 1. The van der Waals surface area contributed by atoms with Gasteiger partial charge in [-0.05, 0) is 59.5 Å². The van der Waals surface area contributed by atoms with E-state index >= 15 is 0 Å². The molecule has 0 aromatic heterocycles. The lowest BCUT2D eigenvalue weighted by Crippen LogP contribution is -2.41. The van der Waals surface area contributed by atoms with Gasteiger partial charge in [-0.15, -0.1) is 0 Å². The third-order valence-corrected chi connectivity index (χ3v) is 4.24. The minimum Gasteiger partial charge on any atom is -0.460 e. The van der Waals surface area contributed by atoms with Gasteiger partial charge in [-0.2, -0.15) is 0 Å². The van der Waals surface area contributed by atoms with Crippen LogP contribution in [-0.4, -0.2) is 29.9 Å². The van der Waals surface area contributed by atoms with Crippen molar-refractivity contribution in [2.75, 3.05) is 0 Å². The smallest absolute Gasteiger partial charge is 0.460 e. The van der Waals surface area contributed by atoms with Crippen LogP contribution in [0.3, 0.4) is 0 Å². The number of esters is 1. The van der Waals surface area contributed by atoms with E-state index in [2.05, 4.69) is 0 Å². The highest BCUT2D eigenvalue weighted by molar-refractivity contribution is 6.62. The minimum atomic E-state index is -0.472. The molecular formula is C18H27BO4. The van der Waals surface area contributed by atoms with E-state index < -0.39 is 12.7 Å². The van der Waals surface area contributed by atoms with Crippen molar-refractivity contribution in [1.82, 2.24) is 0 Å². The van der Waals surface area contributed by atoms with Crippen molar-refractivity contribution in [2.45, 2.75) is 71.7 Å². The summed E-state index contributed by atoms with van der Waals surface area (Å²) in [4.78, 5) is 12.0. The first-order valence-corrected chi connectivity index (χ1v) is 8.06. The Kier molecular flexibility index (Phi) is 4.66. The van der Waals surface area contributed by atoms with Gasteiger partial charge in [-0.25, -0.2) is 0 Å². The zero-order valence-electron chi connectivity index (χ0n) is 15.2. The van der Waals surface area contributed by atoms with Crippen molar-refractivity contribution >= 4 is 18.6 Å². The van der Waals surface area contributed by atoms with Crippen molar-refractivity contribution in [3.8, 4) is 0 Å². The van der Waals surface area contributed by atoms with Gasteiger partial charge in [0.15, 0.2) is 0 Å². The summed E-state index contributed by atoms with van der Waals surface area (Å²) >= 11 is 0. The predicted octanol–water partition coefficient (Wildman–Crippen LogP) is 2.87. The van der Waals surface area contributed by atoms with Crippen molar-refractivity contribution < 1.29 is 18.8 Å². The number of hydrogen-bond donors (Lipinski definition) is 0. The van der Waals surface area contributed by atoms with Gasteiger partial charge in [-0.1, -0.05) is 24.3 Å². The van der Waals surface area contributed by atoms with E-state index in [-0.39, 0.29) is 23.6 Å². The van der Waals surface area contributed by atoms with E-state index in [1.54, 1.807) is 0 Å². The Hall–Kier alpha value is -1.33. The van der Waals surface area contributed by atoms with Crippen LogP contribution in [0.4, 0.5) is 0 Å². The number of carbonyl (C=O) groups is 1. The average Bonchev–Trinajstić information content (AvgIpc) is 2.56. The van der Waals surface area contributed by atoms with Crippen LogP contribution in [0.25, 0.3) is 0 Å². The second-order valence-corrected chi connectivity index (χ2v) is 8.10. The van der Waals surface area contributed by atoms with Crippen LogP contribution in [0.1, 0.15) is 54.0 Å². The fourth-order valence-corrected chi connectivity index (χ4v) is 2.37.